The zero-order chi connectivity index (χ0) is 14.1. The molecule has 1 aromatic carbocycles. The Morgan fingerprint density at radius 3 is 3.05 bits per heavy atom. The number of aryl methyl sites for hydroxylation is 1. The molecule has 20 heavy (non-hydrogen) atoms. The van der Waals surface area contributed by atoms with E-state index in [0.717, 1.165) is 37.7 Å². The second-order valence-electron chi connectivity index (χ2n) is 4.50. The molecular formula is C13H12F2N4O. The van der Waals surface area contributed by atoms with Crippen LogP contribution in [0.1, 0.15) is 16.9 Å². The number of imidazole rings is 1. The van der Waals surface area contributed by atoms with E-state index in [4.69, 9.17) is 0 Å². The van der Waals surface area contributed by atoms with Crippen molar-refractivity contribution in [2.24, 2.45) is 0 Å². The van der Waals surface area contributed by atoms with Gasteiger partial charge in [-0.05, 0) is 18.6 Å². The number of carbonyl (C=O) groups excluding carboxylic acids is 1. The third-order valence-electron chi connectivity index (χ3n) is 3.04. The van der Waals surface area contributed by atoms with Gasteiger partial charge in [-0.15, -0.1) is 0 Å². The van der Waals surface area contributed by atoms with Crippen LogP contribution in [0.5, 0.6) is 0 Å². The molecule has 1 aliphatic heterocycles. The van der Waals surface area contributed by atoms with Gasteiger partial charge in [0.05, 0.1) is 5.69 Å². The Bertz CT molecular complexity index is 645. The molecule has 0 aliphatic carbocycles. The number of anilines is 2. The van der Waals surface area contributed by atoms with Crippen molar-refractivity contribution in [2.75, 3.05) is 17.2 Å². The third kappa shape index (κ3) is 2.34. The lowest BCUT2D eigenvalue weighted by Crippen LogP contribution is -2.16. The third-order valence-corrected chi connectivity index (χ3v) is 3.04. The molecule has 0 spiro atoms. The Morgan fingerprint density at radius 2 is 2.25 bits per heavy atom. The number of halogens is 2. The molecule has 1 aromatic heterocycles. The summed E-state index contributed by atoms with van der Waals surface area (Å²) in [6.45, 7) is 1.58. The van der Waals surface area contributed by atoms with Gasteiger partial charge in [0.1, 0.15) is 17.3 Å². The summed E-state index contributed by atoms with van der Waals surface area (Å²) in [5, 5.41) is 5.38. The fourth-order valence-electron chi connectivity index (χ4n) is 2.07. The lowest BCUT2D eigenvalue weighted by atomic mass is 10.3. The minimum absolute atomic E-state index is 0.165. The quantitative estimate of drug-likeness (QED) is 0.885. The van der Waals surface area contributed by atoms with Crippen molar-refractivity contribution in [3.63, 3.8) is 0 Å². The fraction of sp³-hybridized carbons (Fsp3) is 0.231. The average Bonchev–Trinajstić information content (AvgIpc) is 2.87. The zero-order valence-corrected chi connectivity index (χ0v) is 10.5. The van der Waals surface area contributed by atoms with Gasteiger partial charge in [-0.3, -0.25) is 4.79 Å². The Labute approximate surface area is 113 Å². The Kier molecular flexibility index (Phi) is 3.09. The maximum Gasteiger partial charge on any atom is 0.276 e. The fourth-order valence-corrected chi connectivity index (χ4v) is 2.07. The number of rotatable bonds is 2. The van der Waals surface area contributed by atoms with Gasteiger partial charge in [-0.2, -0.15) is 0 Å². The van der Waals surface area contributed by atoms with Crippen molar-refractivity contribution in [3.8, 4) is 0 Å². The van der Waals surface area contributed by atoms with Gasteiger partial charge in [0, 0.05) is 25.4 Å². The predicted octanol–water partition coefficient (Wildman–Crippen LogP) is 2.23. The van der Waals surface area contributed by atoms with E-state index >= 15 is 0 Å². The normalized spacial score (nSPS) is 13.5. The molecule has 1 aliphatic rings. The summed E-state index contributed by atoms with van der Waals surface area (Å²) in [6, 6.07) is 2.89. The van der Waals surface area contributed by atoms with Gasteiger partial charge in [0.2, 0.25) is 5.95 Å². The molecule has 0 fully saturated rings. The van der Waals surface area contributed by atoms with Crippen molar-refractivity contribution >= 4 is 17.5 Å². The van der Waals surface area contributed by atoms with Crippen LogP contribution >= 0.6 is 0 Å². The number of hydrogen-bond donors (Lipinski definition) is 2. The first kappa shape index (κ1) is 12.6. The molecule has 2 aromatic rings. The summed E-state index contributed by atoms with van der Waals surface area (Å²) in [6.07, 6.45) is 2.54. The van der Waals surface area contributed by atoms with Gasteiger partial charge in [0.25, 0.3) is 5.91 Å². The molecule has 1 amide bonds. The molecule has 2 N–H and O–H groups in total. The summed E-state index contributed by atoms with van der Waals surface area (Å²) >= 11 is 0. The van der Waals surface area contributed by atoms with E-state index in [1.165, 1.54) is 0 Å². The summed E-state index contributed by atoms with van der Waals surface area (Å²) in [5.41, 5.74) is -0.0352. The van der Waals surface area contributed by atoms with Crippen LogP contribution in [0.25, 0.3) is 0 Å². The number of fused-ring (bicyclic) bond motifs is 1. The minimum atomic E-state index is -0.693. The molecule has 104 valence electrons. The van der Waals surface area contributed by atoms with Gasteiger partial charge < -0.3 is 15.2 Å². The largest absolute Gasteiger partial charge is 0.356 e. The van der Waals surface area contributed by atoms with Crippen LogP contribution < -0.4 is 10.6 Å². The molecule has 0 saturated carbocycles. The van der Waals surface area contributed by atoms with Crippen molar-refractivity contribution in [1.82, 2.24) is 9.55 Å². The maximum absolute atomic E-state index is 13.5. The molecule has 3 rings (SSSR count). The highest BCUT2D eigenvalue weighted by atomic mass is 19.1. The lowest BCUT2D eigenvalue weighted by Gasteiger charge is -2.14. The summed E-state index contributed by atoms with van der Waals surface area (Å²) in [7, 11) is 0. The highest BCUT2D eigenvalue weighted by molar-refractivity contribution is 6.03. The number of nitrogens with one attached hydrogen (secondary N) is 2. The van der Waals surface area contributed by atoms with Gasteiger partial charge in [-0.1, -0.05) is 0 Å². The molecule has 5 nitrogen and oxygen atoms in total. The van der Waals surface area contributed by atoms with Gasteiger partial charge >= 0.3 is 0 Å². The highest BCUT2D eigenvalue weighted by Crippen LogP contribution is 2.18. The zero-order valence-electron chi connectivity index (χ0n) is 10.5. The maximum atomic E-state index is 13.5. The van der Waals surface area contributed by atoms with Crippen molar-refractivity contribution < 1.29 is 13.6 Å². The van der Waals surface area contributed by atoms with E-state index in [9.17, 15) is 13.6 Å². The molecule has 0 unspecified atom stereocenters. The molecule has 0 radical (unpaired) electrons. The average molecular weight is 278 g/mol. The number of hydrogen-bond acceptors (Lipinski definition) is 3. The number of nitrogens with zero attached hydrogens (tertiary/aromatic N) is 2. The number of amides is 1. The standard InChI is InChI=1S/C13H12F2N4O/c14-8-2-3-9(15)10(6-8)17-12(20)11-7-19-5-1-4-16-13(19)18-11/h2-3,6-7H,1,4-5H2,(H,16,18)(H,17,20). The van der Waals surface area contributed by atoms with E-state index in [-0.39, 0.29) is 11.4 Å². The smallest absolute Gasteiger partial charge is 0.276 e. The summed E-state index contributed by atoms with van der Waals surface area (Å²) in [4.78, 5) is 16.1. The van der Waals surface area contributed by atoms with E-state index in [1.807, 2.05) is 4.57 Å². The monoisotopic (exact) mass is 278 g/mol. The van der Waals surface area contributed by atoms with Crippen molar-refractivity contribution in [2.45, 2.75) is 13.0 Å². The van der Waals surface area contributed by atoms with Crippen LogP contribution in [0, 0.1) is 11.6 Å². The molecule has 2 heterocycles. The topological polar surface area (TPSA) is 59.0 Å². The van der Waals surface area contributed by atoms with Crippen molar-refractivity contribution in [3.05, 3.63) is 41.7 Å². The number of aromatic nitrogens is 2. The molecular weight excluding hydrogens is 266 g/mol. The number of benzene rings is 1. The van der Waals surface area contributed by atoms with E-state index in [2.05, 4.69) is 15.6 Å². The molecule has 0 bridgehead atoms. The summed E-state index contributed by atoms with van der Waals surface area (Å²) in [5.74, 6) is -1.27. The second-order valence-corrected chi connectivity index (χ2v) is 4.50. The summed E-state index contributed by atoms with van der Waals surface area (Å²) < 4.78 is 28.3. The van der Waals surface area contributed by atoms with Crippen LogP contribution in [0.3, 0.4) is 0 Å². The highest BCUT2D eigenvalue weighted by Gasteiger charge is 2.17. The van der Waals surface area contributed by atoms with Crippen LogP contribution in [-0.4, -0.2) is 22.0 Å². The van der Waals surface area contributed by atoms with E-state index in [1.54, 1.807) is 6.20 Å². The van der Waals surface area contributed by atoms with Gasteiger partial charge in [-0.25, -0.2) is 13.8 Å². The first-order valence-corrected chi connectivity index (χ1v) is 6.21. The van der Waals surface area contributed by atoms with E-state index < -0.39 is 17.5 Å². The lowest BCUT2D eigenvalue weighted by molar-refractivity contribution is 0.102. The molecule has 7 heteroatoms. The van der Waals surface area contributed by atoms with Crippen molar-refractivity contribution in [1.29, 1.82) is 0 Å². The van der Waals surface area contributed by atoms with Crippen LogP contribution in [-0.2, 0) is 6.54 Å². The Balaban J connectivity index is 1.82. The number of carbonyl (C=O) groups is 1. The Morgan fingerprint density at radius 1 is 1.40 bits per heavy atom. The molecule has 0 saturated heterocycles. The van der Waals surface area contributed by atoms with Crippen LogP contribution in [0.4, 0.5) is 20.4 Å². The van der Waals surface area contributed by atoms with E-state index in [0.29, 0.717) is 5.95 Å². The SMILES string of the molecule is O=C(Nc1cc(F)ccc1F)c1cn2c(n1)NCCC2. The Hall–Kier alpha value is -2.44. The van der Waals surface area contributed by atoms with Gasteiger partial charge in [0.15, 0.2) is 0 Å². The first-order valence-electron chi connectivity index (χ1n) is 6.21. The first-order chi connectivity index (χ1) is 9.63. The van der Waals surface area contributed by atoms with Crippen LogP contribution in [0.2, 0.25) is 0 Å². The second kappa shape index (κ2) is 4.92. The molecule has 0 atom stereocenters. The minimum Gasteiger partial charge on any atom is -0.356 e. The predicted molar refractivity (Wildman–Crippen MR) is 69.6 cm³/mol. The van der Waals surface area contributed by atoms with Crippen LogP contribution in [0.15, 0.2) is 24.4 Å².